The molecule has 4 heteroatoms. The van der Waals surface area contributed by atoms with Gasteiger partial charge in [0.15, 0.2) is 0 Å². The summed E-state index contributed by atoms with van der Waals surface area (Å²) in [6.07, 6.45) is 5.94. The minimum Gasteiger partial charge on any atom is -0.497 e. The zero-order valence-corrected chi connectivity index (χ0v) is 14.6. The highest BCUT2D eigenvalue weighted by Gasteiger charge is 2.32. The van der Waals surface area contributed by atoms with E-state index in [0.29, 0.717) is 17.9 Å². The number of methoxy groups -OCH3 is 1. The summed E-state index contributed by atoms with van der Waals surface area (Å²) in [6.45, 7) is 7.01. The lowest BCUT2D eigenvalue weighted by Crippen LogP contribution is -2.30. The fourth-order valence-electron chi connectivity index (χ4n) is 3.79. The van der Waals surface area contributed by atoms with Crippen LogP contribution in [0.15, 0.2) is 30.5 Å². The van der Waals surface area contributed by atoms with Crippen LogP contribution in [0.1, 0.15) is 46.1 Å². The number of hydrogen-bond acceptors (Lipinski definition) is 3. The summed E-state index contributed by atoms with van der Waals surface area (Å²) in [4.78, 5) is 0. The summed E-state index contributed by atoms with van der Waals surface area (Å²) in [6, 6.07) is 8.48. The number of aromatic nitrogens is 3. The van der Waals surface area contributed by atoms with Crippen molar-refractivity contribution in [3.8, 4) is 17.0 Å². The van der Waals surface area contributed by atoms with Gasteiger partial charge >= 0.3 is 0 Å². The van der Waals surface area contributed by atoms with Crippen LogP contribution in [0.4, 0.5) is 0 Å². The molecule has 2 aromatic rings. The van der Waals surface area contributed by atoms with Crippen molar-refractivity contribution in [1.29, 1.82) is 0 Å². The molecule has 0 bridgehead atoms. The van der Waals surface area contributed by atoms with Gasteiger partial charge in [0.05, 0.1) is 19.3 Å². The van der Waals surface area contributed by atoms with Crippen LogP contribution in [0.25, 0.3) is 11.3 Å². The number of hydrogen-bond donors (Lipinski definition) is 0. The molecule has 124 valence electrons. The highest BCUT2D eigenvalue weighted by Crippen LogP contribution is 2.40. The topological polar surface area (TPSA) is 39.9 Å². The normalized spacial score (nSPS) is 24.8. The van der Waals surface area contributed by atoms with Gasteiger partial charge in [-0.2, -0.15) is 0 Å². The van der Waals surface area contributed by atoms with Crippen molar-refractivity contribution in [3.05, 3.63) is 30.5 Å². The van der Waals surface area contributed by atoms with E-state index in [1.54, 1.807) is 7.11 Å². The van der Waals surface area contributed by atoms with E-state index >= 15 is 0 Å². The highest BCUT2D eigenvalue weighted by molar-refractivity contribution is 5.58. The van der Waals surface area contributed by atoms with E-state index in [0.717, 1.165) is 22.9 Å². The minimum atomic E-state index is 0.471. The van der Waals surface area contributed by atoms with Gasteiger partial charge in [-0.05, 0) is 54.9 Å². The van der Waals surface area contributed by atoms with Crippen molar-refractivity contribution in [3.63, 3.8) is 0 Å². The van der Waals surface area contributed by atoms with Crippen LogP contribution in [0.2, 0.25) is 0 Å². The standard InChI is InChI=1S/C19H27N3O/c1-13(2)17-10-5-14(3)11-19(17)22-12-18(20-21-22)15-6-8-16(23-4)9-7-15/h6-9,12-14,17,19H,5,10-11H2,1-4H3/t14-,17+,19-/m1/s1. The molecule has 1 heterocycles. The molecule has 0 spiro atoms. The van der Waals surface area contributed by atoms with Crippen LogP contribution in [0, 0.1) is 17.8 Å². The van der Waals surface area contributed by atoms with E-state index in [2.05, 4.69) is 42.0 Å². The fourth-order valence-corrected chi connectivity index (χ4v) is 3.79. The lowest BCUT2D eigenvalue weighted by molar-refractivity contribution is 0.137. The molecule has 0 aliphatic heterocycles. The Morgan fingerprint density at radius 1 is 1.17 bits per heavy atom. The molecule has 0 N–H and O–H groups in total. The first kappa shape index (κ1) is 16.0. The molecule has 0 unspecified atom stereocenters. The number of ether oxygens (including phenoxy) is 1. The maximum atomic E-state index is 5.22. The third kappa shape index (κ3) is 3.41. The zero-order valence-electron chi connectivity index (χ0n) is 14.6. The van der Waals surface area contributed by atoms with Crippen molar-refractivity contribution in [2.45, 2.75) is 46.1 Å². The SMILES string of the molecule is COc1ccc(-c2cn([C@@H]3C[C@H](C)CC[C@H]3C(C)C)nn2)cc1. The third-order valence-corrected chi connectivity index (χ3v) is 5.22. The van der Waals surface area contributed by atoms with Crippen LogP contribution >= 0.6 is 0 Å². The maximum Gasteiger partial charge on any atom is 0.118 e. The van der Waals surface area contributed by atoms with Gasteiger partial charge in [0.25, 0.3) is 0 Å². The molecule has 3 rings (SSSR count). The largest absolute Gasteiger partial charge is 0.497 e. The Kier molecular flexibility index (Phi) is 4.69. The van der Waals surface area contributed by atoms with Gasteiger partial charge in [0.1, 0.15) is 11.4 Å². The van der Waals surface area contributed by atoms with Crippen molar-refractivity contribution >= 4 is 0 Å². The highest BCUT2D eigenvalue weighted by atomic mass is 16.5. The molecular formula is C19H27N3O. The average Bonchev–Trinajstić information content (AvgIpc) is 3.04. The third-order valence-electron chi connectivity index (χ3n) is 5.22. The second-order valence-electron chi connectivity index (χ2n) is 7.21. The summed E-state index contributed by atoms with van der Waals surface area (Å²) < 4.78 is 7.33. The quantitative estimate of drug-likeness (QED) is 0.829. The Morgan fingerprint density at radius 2 is 1.91 bits per heavy atom. The van der Waals surface area contributed by atoms with E-state index in [4.69, 9.17) is 4.74 Å². The maximum absolute atomic E-state index is 5.22. The van der Waals surface area contributed by atoms with E-state index in [1.807, 2.05) is 24.3 Å². The van der Waals surface area contributed by atoms with Gasteiger partial charge in [-0.3, -0.25) is 0 Å². The number of rotatable bonds is 4. The lowest BCUT2D eigenvalue weighted by Gasteiger charge is -2.37. The Hall–Kier alpha value is -1.84. The molecule has 4 nitrogen and oxygen atoms in total. The zero-order chi connectivity index (χ0) is 16.4. The fraction of sp³-hybridized carbons (Fsp3) is 0.579. The van der Waals surface area contributed by atoms with Crippen LogP contribution in [-0.2, 0) is 0 Å². The smallest absolute Gasteiger partial charge is 0.118 e. The predicted octanol–water partition coefficient (Wildman–Crippen LogP) is 4.59. The van der Waals surface area contributed by atoms with Gasteiger partial charge in [-0.15, -0.1) is 5.10 Å². The van der Waals surface area contributed by atoms with Crippen LogP contribution in [0.5, 0.6) is 5.75 Å². The summed E-state index contributed by atoms with van der Waals surface area (Å²) in [5.74, 6) is 3.00. The van der Waals surface area contributed by atoms with Gasteiger partial charge in [-0.1, -0.05) is 32.4 Å². The molecule has 1 fully saturated rings. The second kappa shape index (κ2) is 6.73. The van der Waals surface area contributed by atoms with Crippen molar-refractivity contribution < 1.29 is 4.74 Å². The lowest BCUT2D eigenvalue weighted by atomic mass is 9.74. The molecular weight excluding hydrogens is 286 g/mol. The summed E-state index contributed by atoms with van der Waals surface area (Å²) >= 11 is 0. The monoisotopic (exact) mass is 313 g/mol. The van der Waals surface area contributed by atoms with Gasteiger partial charge in [0, 0.05) is 5.56 Å². The van der Waals surface area contributed by atoms with Gasteiger partial charge in [0.2, 0.25) is 0 Å². The molecule has 3 atom stereocenters. The Labute approximate surface area is 138 Å². The Balaban J connectivity index is 1.84. The van der Waals surface area contributed by atoms with E-state index < -0.39 is 0 Å². The van der Waals surface area contributed by atoms with Crippen molar-refractivity contribution in [2.24, 2.45) is 17.8 Å². The molecule has 0 saturated heterocycles. The first-order valence-electron chi connectivity index (χ1n) is 8.64. The molecule has 0 amide bonds. The van der Waals surface area contributed by atoms with Gasteiger partial charge in [-0.25, -0.2) is 4.68 Å². The first-order chi connectivity index (χ1) is 11.1. The Bertz CT molecular complexity index is 632. The summed E-state index contributed by atoms with van der Waals surface area (Å²) in [5.41, 5.74) is 2.02. The van der Waals surface area contributed by atoms with E-state index in [1.165, 1.54) is 19.3 Å². The van der Waals surface area contributed by atoms with Crippen LogP contribution in [-0.4, -0.2) is 22.1 Å². The number of nitrogens with zero attached hydrogens (tertiary/aromatic N) is 3. The number of benzene rings is 1. The van der Waals surface area contributed by atoms with Crippen molar-refractivity contribution in [2.75, 3.05) is 7.11 Å². The van der Waals surface area contributed by atoms with E-state index in [9.17, 15) is 0 Å². The first-order valence-corrected chi connectivity index (χ1v) is 8.64. The van der Waals surface area contributed by atoms with Crippen LogP contribution < -0.4 is 4.74 Å². The predicted molar refractivity (Wildman–Crippen MR) is 92.4 cm³/mol. The molecule has 0 radical (unpaired) electrons. The molecule has 1 aromatic carbocycles. The molecule has 1 aromatic heterocycles. The molecule has 1 aliphatic carbocycles. The van der Waals surface area contributed by atoms with E-state index in [-0.39, 0.29) is 0 Å². The summed E-state index contributed by atoms with van der Waals surface area (Å²) in [5, 5.41) is 8.87. The molecule has 23 heavy (non-hydrogen) atoms. The van der Waals surface area contributed by atoms with Crippen molar-refractivity contribution in [1.82, 2.24) is 15.0 Å². The van der Waals surface area contributed by atoms with Crippen LogP contribution in [0.3, 0.4) is 0 Å². The average molecular weight is 313 g/mol. The molecule has 1 saturated carbocycles. The summed E-state index contributed by atoms with van der Waals surface area (Å²) in [7, 11) is 1.68. The Morgan fingerprint density at radius 3 is 2.57 bits per heavy atom. The molecule has 1 aliphatic rings. The van der Waals surface area contributed by atoms with Gasteiger partial charge < -0.3 is 4.74 Å². The minimum absolute atomic E-state index is 0.471. The second-order valence-corrected chi connectivity index (χ2v) is 7.21.